The lowest BCUT2D eigenvalue weighted by Gasteiger charge is -2.31. The van der Waals surface area contributed by atoms with Crippen molar-refractivity contribution in [1.82, 2.24) is 4.90 Å². The monoisotopic (exact) mass is 210 g/mol. The van der Waals surface area contributed by atoms with Crippen molar-refractivity contribution < 1.29 is 9.53 Å². The lowest BCUT2D eigenvalue weighted by atomic mass is 10.0. The number of carbonyl (C=O) groups excluding carboxylic acids is 1. The topological polar surface area (TPSA) is 53.3 Å². The molecule has 1 saturated heterocycles. The Morgan fingerprint density at radius 2 is 2.13 bits per heavy atom. The smallest absolute Gasteiger partial charge is 0.330 e. The minimum absolute atomic E-state index is 0.274. The van der Waals surface area contributed by atoms with E-state index in [0.717, 1.165) is 19.3 Å². The first-order chi connectivity index (χ1) is 6.94. The fraction of sp³-hybridized carbons (Fsp3) is 0.818. The summed E-state index contributed by atoms with van der Waals surface area (Å²) in [5.74, 6) is -0.274. The SMILES string of the molecule is CC(C)(C)OC(=O)[C@@H]1CCCCN1C#N. The van der Waals surface area contributed by atoms with Crippen LogP contribution in [0.25, 0.3) is 0 Å². The Morgan fingerprint density at radius 1 is 1.47 bits per heavy atom. The van der Waals surface area contributed by atoms with E-state index in [4.69, 9.17) is 10.00 Å². The van der Waals surface area contributed by atoms with Crippen LogP contribution >= 0.6 is 0 Å². The molecule has 0 radical (unpaired) electrons. The number of nitriles is 1. The van der Waals surface area contributed by atoms with Gasteiger partial charge in [-0.05, 0) is 40.0 Å². The van der Waals surface area contributed by atoms with E-state index in [-0.39, 0.29) is 12.0 Å². The van der Waals surface area contributed by atoms with Crippen molar-refractivity contribution in [3.63, 3.8) is 0 Å². The van der Waals surface area contributed by atoms with Gasteiger partial charge in [-0.25, -0.2) is 4.79 Å². The van der Waals surface area contributed by atoms with Gasteiger partial charge in [0.2, 0.25) is 0 Å². The van der Waals surface area contributed by atoms with Crippen molar-refractivity contribution in [3.8, 4) is 6.19 Å². The van der Waals surface area contributed by atoms with Gasteiger partial charge in [0.15, 0.2) is 6.19 Å². The zero-order chi connectivity index (χ0) is 11.5. The van der Waals surface area contributed by atoms with Gasteiger partial charge in [-0.3, -0.25) is 4.90 Å². The predicted octanol–water partition coefficient (Wildman–Crippen LogP) is 1.66. The number of ether oxygens (including phenoxy) is 1. The molecule has 4 nitrogen and oxygen atoms in total. The van der Waals surface area contributed by atoms with E-state index in [2.05, 4.69) is 6.19 Å². The molecule has 0 bridgehead atoms. The first-order valence-electron chi connectivity index (χ1n) is 5.33. The molecule has 15 heavy (non-hydrogen) atoms. The predicted molar refractivity (Wildman–Crippen MR) is 55.8 cm³/mol. The highest BCUT2D eigenvalue weighted by atomic mass is 16.6. The Bertz CT molecular complexity index is 275. The quantitative estimate of drug-likeness (QED) is 0.488. The summed E-state index contributed by atoms with van der Waals surface area (Å²) in [6, 6.07) is -0.372. The second kappa shape index (κ2) is 4.52. The van der Waals surface area contributed by atoms with Crippen LogP contribution in [-0.2, 0) is 9.53 Å². The molecule has 1 atom stereocenters. The molecule has 0 spiro atoms. The van der Waals surface area contributed by atoms with E-state index in [1.54, 1.807) is 0 Å². The molecular weight excluding hydrogens is 192 g/mol. The van der Waals surface area contributed by atoms with Gasteiger partial charge < -0.3 is 4.74 Å². The average Bonchev–Trinajstić information content (AvgIpc) is 2.15. The summed E-state index contributed by atoms with van der Waals surface area (Å²) in [5.41, 5.74) is -0.477. The molecule has 0 N–H and O–H groups in total. The van der Waals surface area contributed by atoms with E-state index in [0.29, 0.717) is 6.54 Å². The molecule has 0 aromatic carbocycles. The van der Waals surface area contributed by atoms with Crippen LogP contribution in [0.15, 0.2) is 0 Å². The summed E-state index contributed by atoms with van der Waals surface area (Å²) in [4.78, 5) is 13.3. The Hall–Kier alpha value is -1.24. The van der Waals surface area contributed by atoms with Crippen LogP contribution in [0.1, 0.15) is 40.0 Å². The Morgan fingerprint density at radius 3 is 2.67 bits per heavy atom. The van der Waals surface area contributed by atoms with Crippen LogP contribution in [-0.4, -0.2) is 29.1 Å². The minimum Gasteiger partial charge on any atom is -0.458 e. The Labute approximate surface area is 90.8 Å². The number of esters is 1. The molecule has 1 aliphatic rings. The molecule has 1 rings (SSSR count). The van der Waals surface area contributed by atoms with E-state index in [9.17, 15) is 4.79 Å². The minimum atomic E-state index is -0.477. The molecular formula is C11H18N2O2. The van der Waals surface area contributed by atoms with Crippen LogP contribution in [0, 0.1) is 11.5 Å². The summed E-state index contributed by atoms with van der Waals surface area (Å²) in [6.07, 6.45) is 4.75. The molecule has 1 fully saturated rings. The lowest BCUT2D eigenvalue weighted by molar-refractivity contribution is -0.161. The Balaban J connectivity index is 2.61. The van der Waals surface area contributed by atoms with Crippen LogP contribution < -0.4 is 0 Å². The zero-order valence-corrected chi connectivity index (χ0v) is 9.62. The van der Waals surface area contributed by atoms with Gasteiger partial charge in [0.1, 0.15) is 11.6 Å². The highest BCUT2D eigenvalue weighted by molar-refractivity contribution is 5.76. The van der Waals surface area contributed by atoms with Gasteiger partial charge in [-0.2, -0.15) is 5.26 Å². The molecule has 0 aromatic rings. The number of carbonyl (C=O) groups is 1. The maximum Gasteiger partial charge on any atom is 0.330 e. The number of hydrogen-bond acceptors (Lipinski definition) is 4. The highest BCUT2D eigenvalue weighted by Gasteiger charge is 2.31. The number of likely N-dealkylation sites (tertiary alicyclic amines) is 1. The number of rotatable bonds is 1. The zero-order valence-electron chi connectivity index (χ0n) is 9.62. The standard InChI is InChI=1S/C11H18N2O2/c1-11(2,3)15-10(14)9-6-4-5-7-13(9)8-12/h9H,4-7H2,1-3H3/t9-/m0/s1. The summed E-state index contributed by atoms with van der Waals surface area (Å²) < 4.78 is 5.28. The van der Waals surface area contributed by atoms with Gasteiger partial charge in [0, 0.05) is 6.54 Å². The van der Waals surface area contributed by atoms with Crippen molar-refractivity contribution in [2.45, 2.75) is 51.7 Å². The molecule has 1 aliphatic heterocycles. The molecule has 4 heteroatoms. The van der Waals surface area contributed by atoms with Gasteiger partial charge in [-0.15, -0.1) is 0 Å². The number of piperidine rings is 1. The maximum atomic E-state index is 11.8. The third-order valence-electron chi connectivity index (χ3n) is 2.31. The van der Waals surface area contributed by atoms with Gasteiger partial charge in [-0.1, -0.05) is 0 Å². The third kappa shape index (κ3) is 3.43. The second-order valence-electron chi connectivity index (χ2n) is 4.84. The van der Waals surface area contributed by atoms with Gasteiger partial charge >= 0.3 is 5.97 Å². The van der Waals surface area contributed by atoms with Crippen LogP contribution in [0.4, 0.5) is 0 Å². The number of hydrogen-bond donors (Lipinski definition) is 0. The van der Waals surface area contributed by atoms with Gasteiger partial charge in [0.25, 0.3) is 0 Å². The van der Waals surface area contributed by atoms with Crippen LogP contribution in [0.5, 0.6) is 0 Å². The summed E-state index contributed by atoms with van der Waals surface area (Å²) >= 11 is 0. The molecule has 84 valence electrons. The fourth-order valence-electron chi connectivity index (χ4n) is 1.67. The third-order valence-corrected chi connectivity index (χ3v) is 2.31. The van der Waals surface area contributed by atoms with Crippen LogP contribution in [0.2, 0.25) is 0 Å². The Kier molecular flexibility index (Phi) is 3.57. The first kappa shape index (κ1) is 11.8. The fourth-order valence-corrected chi connectivity index (χ4v) is 1.67. The summed E-state index contributed by atoms with van der Waals surface area (Å²) in [7, 11) is 0. The molecule has 0 saturated carbocycles. The summed E-state index contributed by atoms with van der Waals surface area (Å²) in [6.45, 7) is 6.18. The maximum absolute atomic E-state index is 11.8. The molecule has 1 heterocycles. The van der Waals surface area contributed by atoms with Crippen molar-refractivity contribution in [2.24, 2.45) is 0 Å². The highest BCUT2D eigenvalue weighted by Crippen LogP contribution is 2.19. The van der Waals surface area contributed by atoms with Crippen molar-refractivity contribution in [2.75, 3.05) is 6.54 Å². The van der Waals surface area contributed by atoms with E-state index >= 15 is 0 Å². The molecule has 0 amide bonds. The van der Waals surface area contributed by atoms with Crippen LogP contribution in [0.3, 0.4) is 0 Å². The second-order valence-corrected chi connectivity index (χ2v) is 4.84. The molecule has 0 unspecified atom stereocenters. The van der Waals surface area contributed by atoms with Gasteiger partial charge in [0.05, 0.1) is 0 Å². The normalized spacial score (nSPS) is 22.0. The first-order valence-corrected chi connectivity index (χ1v) is 5.33. The molecule has 0 aliphatic carbocycles. The van der Waals surface area contributed by atoms with E-state index in [1.807, 2.05) is 20.8 Å². The van der Waals surface area contributed by atoms with Crippen molar-refractivity contribution in [1.29, 1.82) is 5.26 Å². The molecule has 0 aromatic heterocycles. The van der Waals surface area contributed by atoms with Crippen molar-refractivity contribution >= 4 is 5.97 Å². The largest absolute Gasteiger partial charge is 0.458 e. The van der Waals surface area contributed by atoms with E-state index < -0.39 is 5.60 Å². The average molecular weight is 210 g/mol. The summed E-state index contributed by atoms with van der Waals surface area (Å²) in [5, 5.41) is 8.88. The van der Waals surface area contributed by atoms with E-state index in [1.165, 1.54) is 4.90 Å². The lowest BCUT2D eigenvalue weighted by Crippen LogP contribution is -2.44. The van der Waals surface area contributed by atoms with Crippen molar-refractivity contribution in [3.05, 3.63) is 0 Å². The number of nitrogens with zero attached hydrogens (tertiary/aromatic N) is 2.